The molecule has 0 spiro atoms. The molecule has 6 nitrogen and oxygen atoms in total. The molecule has 0 radical (unpaired) electrons. The average molecular weight is 270 g/mol. The fourth-order valence-corrected chi connectivity index (χ4v) is 2.42. The molecule has 1 N–H and O–H groups in total. The van der Waals surface area contributed by atoms with Gasteiger partial charge >= 0.3 is 5.97 Å². The summed E-state index contributed by atoms with van der Waals surface area (Å²) in [5.74, 6) is -3.47. The van der Waals surface area contributed by atoms with Crippen molar-refractivity contribution in [3.63, 3.8) is 0 Å². The number of ether oxygens (including phenoxy) is 3. The summed E-state index contributed by atoms with van der Waals surface area (Å²) in [6, 6.07) is 0. The van der Waals surface area contributed by atoms with Crippen molar-refractivity contribution < 1.29 is 28.9 Å². The van der Waals surface area contributed by atoms with Crippen LogP contribution in [0.25, 0.3) is 0 Å². The molecule has 0 amide bonds. The summed E-state index contributed by atoms with van der Waals surface area (Å²) in [5, 5.41) is 10.6. The molecular formula is C13H18O6. The molecule has 6 heteroatoms. The van der Waals surface area contributed by atoms with Gasteiger partial charge in [-0.05, 0) is 13.8 Å². The van der Waals surface area contributed by atoms with Crippen LogP contribution in [-0.2, 0) is 23.8 Å². The molecule has 2 aliphatic heterocycles. The predicted molar refractivity (Wildman–Crippen MR) is 64.1 cm³/mol. The Morgan fingerprint density at radius 2 is 2.11 bits per heavy atom. The Hall–Kier alpha value is -1.24. The molecule has 0 saturated carbocycles. The first-order valence-electron chi connectivity index (χ1n) is 6.14. The van der Waals surface area contributed by atoms with Crippen molar-refractivity contribution in [1.82, 2.24) is 0 Å². The molecule has 2 rings (SSSR count). The lowest BCUT2D eigenvalue weighted by atomic mass is 9.80. The number of hydrogen-bond acceptors (Lipinski definition) is 6. The molecule has 0 bridgehead atoms. The number of Topliss-reactive ketones (excluding diaryl/α,β-unsaturated/α-hetero) is 1. The number of carbonyl (C=O) groups excluding carboxylic acids is 2. The van der Waals surface area contributed by atoms with Gasteiger partial charge in [0.25, 0.3) is 5.78 Å². The Balaban J connectivity index is 2.31. The van der Waals surface area contributed by atoms with Crippen LogP contribution in [0.5, 0.6) is 0 Å². The van der Waals surface area contributed by atoms with Crippen LogP contribution >= 0.6 is 0 Å². The van der Waals surface area contributed by atoms with Crippen molar-refractivity contribution in [3.05, 3.63) is 12.7 Å². The van der Waals surface area contributed by atoms with Crippen molar-refractivity contribution >= 4 is 11.8 Å². The molecule has 0 aromatic carbocycles. The lowest BCUT2D eigenvalue weighted by Crippen LogP contribution is -2.55. The quantitative estimate of drug-likeness (QED) is 0.448. The summed E-state index contributed by atoms with van der Waals surface area (Å²) >= 11 is 0. The smallest absolute Gasteiger partial charge is 0.378 e. The number of aliphatic hydroxyl groups is 1. The highest BCUT2D eigenvalue weighted by atomic mass is 16.8. The minimum atomic E-state index is -1.95. The van der Waals surface area contributed by atoms with E-state index in [-0.39, 0.29) is 6.61 Å². The summed E-state index contributed by atoms with van der Waals surface area (Å²) < 4.78 is 16.0. The van der Waals surface area contributed by atoms with Crippen LogP contribution in [0, 0.1) is 5.92 Å². The Morgan fingerprint density at radius 1 is 1.47 bits per heavy atom. The maximum atomic E-state index is 11.9. The van der Waals surface area contributed by atoms with Gasteiger partial charge in [0, 0.05) is 5.92 Å². The lowest BCUT2D eigenvalue weighted by molar-refractivity contribution is -0.178. The van der Waals surface area contributed by atoms with E-state index < -0.39 is 41.3 Å². The first kappa shape index (κ1) is 14.2. The largest absolute Gasteiger partial charge is 0.450 e. The number of ketones is 1. The first-order valence-corrected chi connectivity index (χ1v) is 6.14. The van der Waals surface area contributed by atoms with E-state index in [1.807, 2.05) is 0 Å². The average Bonchev–Trinajstić information content (AvgIpc) is 2.82. The van der Waals surface area contributed by atoms with Gasteiger partial charge in [-0.1, -0.05) is 13.0 Å². The van der Waals surface area contributed by atoms with Crippen LogP contribution in [0.4, 0.5) is 0 Å². The van der Waals surface area contributed by atoms with Crippen LogP contribution in [0.3, 0.4) is 0 Å². The topological polar surface area (TPSA) is 82.1 Å². The van der Waals surface area contributed by atoms with Crippen LogP contribution < -0.4 is 0 Å². The predicted octanol–water partition coefficient (Wildman–Crippen LogP) is 0.186. The first-order chi connectivity index (χ1) is 8.72. The third-order valence-corrected chi connectivity index (χ3v) is 3.63. The summed E-state index contributed by atoms with van der Waals surface area (Å²) in [6.07, 6.45) is -0.353. The second-order valence-corrected chi connectivity index (χ2v) is 5.37. The number of cyclic esters (lactones) is 1. The molecule has 106 valence electrons. The highest BCUT2D eigenvalue weighted by Gasteiger charge is 2.63. The van der Waals surface area contributed by atoms with E-state index in [9.17, 15) is 14.7 Å². The maximum absolute atomic E-state index is 11.9. The molecule has 0 aliphatic carbocycles. The van der Waals surface area contributed by atoms with Crippen LogP contribution in [0.15, 0.2) is 12.7 Å². The van der Waals surface area contributed by atoms with E-state index in [1.165, 1.54) is 6.08 Å². The zero-order chi connectivity index (χ0) is 14.4. The maximum Gasteiger partial charge on any atom is 0.378 e. The summed E-state index contributed by atoms with van der Waals surface area (Å²) in [7, 11) is 0. The number of hydrogen-bond donors (Lipinski definition) is 1. The molecule has 0 aromatic rings. The van der Waals surface area contributed by atoms with Gasteiger partial charge in [-0.25, -0.2) is 4.79 Å². The van der Waals surface area contributed by atoms with Crippen LogP contribution in [0.2, 0.25) is 0 Å². The van der Waals surface area contributed by atoms with Gasteiger partial charge in [0.2, 0.25) is 0 Å². The standard InChI is InChI=1S/C13H18O6/c1-5-7(2)13(16)9(14)11(15)18-10(13)8-6-17-12(3,4)19-8/h5,7-8,10,16H,1,6H2,2-4H3/t7-,8+,10-,13-/m1/s1. The van der Waals surface area contributed by atoms with Crippen molar-refractivity contribution in [3.8, 4) is 0 Å². The number of esters is 1. The molecule has 2 heterocycles. The molecule has 4 atom stereocenters. The van der Waals surface area contributed by atoms with Gasteiger partial charge < -0.3 is 19.3 Å². The zero-order valence-corrected chi connectivity index (χ0v) is 11.2. The molecule has 0 unspecified atom stereocenters. The van der Waals surface area contributed by atoms with E-state index in [0.717, 1.165) is 0 Å². The molecule has 2 aliphatic rings. The number of carbonyl (C=O) groups is 2. The van der Waals surface area contributed by atoms with Crippen LogP contribution in [0.1, 0.15) is 20.8 Å². The van der Waals surface area contributed by atoms with Gasteiger partial charge in [-0.2, -0.15) is 0 Å². The molecule has 19 heavy (non-hydrogen) atoms. The van der Waals surface area contributed by atoms with Crippen molar-refractivity contribution in [2.75, 3.05) is 6.61 Å². The summed E-state index contributed by atoms with van der Waals surface area (Å²) in [4.78, 5) is 23.4. The monoisotopic (exact) mass is 270 g/mol. The normalized spacial score (nSPS) is 39.2. The fourth-order valence-electron chi connectivity index (χ4n) is 2.42. The molecular weight excluding hydrogens is 252 g/mol. The molecule has 2 saturated heterocycles. The van der Waals surface area contributed by atoms with Crippen LogP contribution in [-0.4, -0.2) is 47.1 Å². The zero-order valence-electron chi connectivity index (χ0n) is 11.2. The van der Waals surface area contributed by atoms with Crippen molar-refractivity contribution in [1.29, 1.82) is 0 Å². The number of rotatable bonds is 3. The fraction of sp³-hybridized carbons (Fsp3) is 0.692. The van der Waals surface area contributed by atoms with Crippen molar-refractivity contribution in [2.24, 2.45) is 5.92 Å². The van der Waals surface area contributed by atoms with Gasteiger partial charge in [-0.15, -0.1) is 6.58 Å². The Kier molecular flexibility index (Phi) is 3.28. The highest BCUT2D eigenvalue weighted by molar-refractivity contribution is 6.39. The van der Waals surface area contributed by atoms with Crippen molar-refractivity contribution in [2.45, 2.75) is 44.4 Å². The molecule has 0 aromatic heterocycles. The Bertz CT molecular complexity index is 429. The summed E-state index contributed by atoms with van der Waals surface area (Å²) in [6.45, 7) is 8.71. The van der Waals surface area contributed by atoms with E-state index in [4.69, 9.17) is 14.2 Å². The summed E-state index contributed by atoms with van der Waals surface area (Å²) in [5.41, 5.74) is -1.95. The van der Waals surface area contributed by atoms with Gasteiger partial charge in [0.1, 0.15) is 6.10 Å². The van der Waals surface area contributed by atoms with E-state index in [1.54, 1.807) is 20.8 Å². The van der Waals surface area contributed by atoms with Gasteiger partial charge in [0.15, 0.2) is 17.5 Å². The van der Waals surface area contributed by atoms with E-state index in [2.05, 4.69) is 6.58 Å². The second kappa shape index (κ2) is 4.40. The van der Waals surface area contributed by atoms with Gasteiger partial charge in [-0.3, -0.25) is 4.79 Å². The molecule has 2 fully saturated rings. The lowest BCUT2D eigenvalue weighted by Gasteiger charge is -2.32. The van der Waals surface area contributed by atoms with E-state index in [0.29, 0.717) is 0 Å². The van der Waals surface area contributed by atoms with Gasteiger partial charge in [0.05, 0.1) is 6.61 Å². The Labute approximate surface area is 111 Å². The highest BCUT2D eigenvalue weighted by Crippen LogP contribution is 2.38. The minimum absolute atomic E-state index is 0.143. The SMILES string of the molecule is C=C[C@@H](C)[C@@]1(O)C(=O)C(=O)O[C@@H]1[C@@H]1COC(C)(C)O1. The third kappa shape index (κ3) is 2.09. The Morgan fingerprint density at radius 3 is 2.58 bits per heavy atom. The minimum Gasteiger partial charge on any atom is -0.450 e. The third-order valence-electron chi connectivity index (χ3n) is 3.63. The van der Waals surface area contributed by atoms with E-state index >= 15 is 0 Å². The second-order valence-electron chi connectivity index (χ2n) is 5.37.